The van der Waals surface area contributed by atoms with E-state index in [9.17, 15) is 0 Å². The number of nitrogens with two attached hydrogens (primary N) is 1. The van der Waals surface area contributed by atoms with Crippen LogP contribution in [0.1, 0.15) is 11.4 Å². The molecule has 0 unspecified atom stereocenters. The molecule has 0 aliphatic carbocycles. The zero-order valence-corrected chi connectivity index (χ0v) is 12.4. The van der Waals surface area contributed by atoms with Crippen molar-refractivity contribution in [3.63, 3.8) is 0 Å². The lowest BCUT2D eigenvalue weighted by molar-refractivity contribution is 0.214. The third-order valence-corrected chi connectivity index (χ3v) is 3.01. The molecule has 2 N–H and O–H groups in total. The highest BCUT2D eigenvalue weighted by atomic mass is 35.5. The van der Waals surface area contributed by atoms with Crippen LogP contribution in [0.25, 0.3) is 0 Å². The van der Waals surface area contributed by atoms with Gasteiger partial charge in [-0.1, -0.05) is 0 Å². The maximum Gasteiger partial charge on any atom is 0.253 e. The highest BCUT2D eigenvalue weighted by Crippen LogP contribution is 2.08. The molecule has 106 valence electrons. The minimum Gasteiger partial charge on any atom is -0.369 e. The first kappa shape index (κ1) is 15.7. The number of aromatic nitrogens is 2. The van der Waals surface area contributed by atoms with Crippen molar-refractivity contribution in [1.29, 1.82) is 0 Å². The second kappa shape index (κ2) is 6.68. The summed E-state index contributed by atoms with van der Waals surface area (Å²) in [5.41, 5.74) is 7.82. The molecule has 0 amide bonds. The molecular formula is C12H21ClN6. The Balaban J connectivity index is 0.00000180. The Kier molecular flexibility index (Phi) is 5.50. The van der Waals surface area contributed by atoms with E-state index in [2.05, 4.69) is 31.8 Å². The van der Waals surface area contributed by atoms with Crippen LogP contribution in [-0.2, 0) is 0 Å². The fourth-order valence-electron chi connectivity index (χ4n) is 1.97. The Hall–Kier alpha value is -1.40. The summed E-state index contributed by atoms with van der Waals surface area (Å²) in [4.78, 5) is 17.2. The summed E-state index contributed by atoms with van der Waals surface area (Å²) in [6.07, 6.45) is 0. The molecule has 0 aromatic carbocycles. The summed E-state index contributed by atoms with van der Waals surface area (Å²) in [5.74, 6) is 0.956. The van der Waals surface area contributed by atoms with Gasteiger partial charge in [0, 0.05) is 37.6 Å². The lowest BCUT2D eigenvalue weighted by Gasteiger charge is -2.32. The number of hydrogen-bond acceptors (Lipinski definition) is 4. The summed E-state index contributed by atoms with van der Waals surface area (Å²) in [6, 6.07) is 1.92. The second-order valence-electron chi connectivity index (χ2n) is 4.71. The van der Waals surface area contributed by atoms with Gasteiger partial charge in [-0.2, -0.15) is 4.99 Å². The van der Waals surface area contributed by atoms with E-state index in [0.717, 1.165) is 37.6 Å². The number of likely N-dealkylation sites (N-methyl/N-ethyl adjacent to an activating group) is 1. The zero-order valence-electron chi connectivity index (χ0n) is 11.6. The minimum absolute atomic E-state index is 0. The monoisotopic (exact) mass is 284 g/mol. The van der Waals surface area contributed by atoms with Gasteiger partial charge in [0.1, 0.15) is 0 Å². The molecule has 2 heterocycles. The molecule has 6 nitrogen and oxygen atoms in total. The molecule has 0 bridgehead atoms. The Labute approximate surface area is 120 Å². The van der Waals surface area contributed by atoms with Crippen LogP contribution in [0.3, 0.4) is 0 Å². The van der Waals surface area contributed by atoms with E-state index >= 15 is 0 Å². The maximum atomic E-state index is 6.00. The molecule has 2 rings (SSSR count). The number of aliphatic imine (C=N–C) groups is 1. The van der Waals surface area contributed by atoms with E-state index in [-0.39, 0.29) is 12.4 Å². The first-order valence-corrected chi connectivity index (χ1v) is 6.14. The molecule has 1 aromatic rings. The lowest BCUT2D eigenvalue weighted by atomic mass is 10.3. The Morgan fingerprint density at radius 1 is 1.16 bits per heavy atom. The number of rotatable bonds is 1. The number of aryl methyl sites for hydroxylation is 2. The topological polar surface area (TPSA) is 70.6 Å². The standard InChI is InChI=1S/C12H20N6.ClH/c1-9-8-10(2)15-12(14-9)16-11(13)18-6-4-17(3)5-7-18;/h8H,4-7H2,1-3H3,(H2,13,14,15,16);1H. The molecule has 0 radical (unpaired) electrons. The van der Waals surface area contributed by atoms with Crippen molar-refractivity contribution >= 4 is 24.3 Å². The minimum atomic E-state index is 0. The van der Waals surface area contributed by atoms with Crippen LogP contribution in [0, 0.1) is 13.8 Å². The van der Waals surface area contributed by atoms with Crippen LogP contribution >= 0.6 is 12.4 Å². The Morgan fingerprint density at radius 3 is 2.21 bits per heavy atom. The highest BCUT2D eigenvalue weighted by molar-refractivity contribution is 5.85. The number of hydrogen-bond donors (Lipinski definition) is 1. The van der Waals surface area contributed by atoms with Gasteiger partial charge in [-0.15, -0.1) is 12.4 Å². The summed E-state index contributed by atoms with van der Waals surface area (Å²) in [6.45, 7) is 7.67. The number of piperazine rings is 1. The van der Waals surface area contributed by atoms with Crippen molar-refractivity contribution in [2.24, 2.45) is 10.7 Å². The van der Waals surface area contributed by atoms with Crippen molar-refractivity contribution in [2.45, 2.75) is 13.8 Å². The summed E-state index contributed by atoms with van der Waals surface area (Å²) < 4.78 is 0. The number of nitrogens with zero attached hydrogens (tertiary/aromatic N) is 5. The molecule has 0 saturated carbocycles. The smallest absolute Gasteiger partial charge is 0.253 e. The molecule has 0 spiro atoms. The van der Waals surface area contributed by atoms with Gasteiger partial charge in [0.2, 0.25) is 0 Å². The molecule has 1 fully saturated rings. The van der Waals surface area contributed by atoms with Gasteiger partial charge < -0.3 is 15.5 Å². The van der Waals surface area contributed by atoms with Crippen molar-refractivity contribution in [3.8, 4) is 0 Å². The third-order valence-electron chi connectivity index (χ3n) is 3.01. The number of guanidine groups is 1. The third kappa shape index (κ3) is 4.33. The fourth-order valence-corrected chi connectivity index (χ4v) is 1.97. The van der Waals surface area contributed by atoms with E-state index < -0.39 is 0 Å². The summed E-state index contributed by atoms with van der Waals surface area (Å²) >= 11 is 0. The second-order valence-corrected chi connectivity index (χ2v) is 4.71. The average Bonchev–Trinajstić information content (AvgIpc) is 2.28. The molecule has 0 atom stereocenters. The van der Waals surface area contributed by atoms with Crippen molar-refractivity contribution < 1.29 is 0 Å². The van der Waals surface area contributed by atoms with Crippen LogP contribution in [0.2, 0.25) is 0 Å². The zero-order chi connectivity index (χ0) is 13.1. The summed E-state index contributed by atoms with van der Waals surface area (Å²) in [7, 11) is 2.11. The van der Waals surface area contributed by atoms with E-state index in [0.29, 0.717) is 11.9 Å². The van der Waals surface area contributed by atoms with E-state index in [4.69, 9.17) is 5.73 Å². The first-order valence-electron chi connectivity index (χ1n) is 6.14. The van der Waals surface area contributed by atoms with E-state index in [1.807, 2.05) is 19.9 Å². The predicted molar refractivity (Wildman–Crippen MR) is 79.1 cm³/mol. The lowest BCUT2D eigenvalue weighted by Crippen LogP contribution is -2.49. The molecule has 1 saturated heterocycles. The summed E-state index contributed by atoms with van der Waals surface area (Å²) in [5, 5.41) is 0. The molecule has 7 heteroatoms. The maximum absolute atomic E-state index is 6.00. The average molecular weight is 285 g/mol. The van der Waals surface area contributed by atoms with Crippen molar-refractivity contribution in [3.05, 3.63) is 17.5 Å². The molecule has 1 aromatic heterocycles. The van der Waals surface area contributed by atoms with Crippen LogP contribution in [-0.4, -0.2) is 59.0 Å². The van der Waals surface area contributed by atoms with Crippen LogP contribution in [0.4, 0.5) is 5.95 Å². The van der Waals surface area contributed by atoms with Crippen molar-refractivity contribution in [2.75, 3.05) is 33.2 Å². The quantitative estimate of drug-likeness (QED) is 0.607. The van der Waals surface area contributed by atoms with Gasteiger partial charge in [0.05, 0.1) is 0 Å². The van der Waals surface area contributed by atoms with Gasteiger partial charge in [-0.05, 0) is 27.0 Å². The largest absolute Gasteiger partial charge is 0.369 e. The van der Waals surface area contributed by atoms with Gasteiger partial charge in [-0.25, -0.2) is 9.97 Å². The van der Waals surface area contributed by atoms with E-state index in [1.165, 1.54) is 0 Å². The normalized spacial score (nSPS) is 17.2. The van der Waals surface area contributed by atoms with Gasteiger partial charge in [0.25, 0.3) is 5.95 Å². The van der Waals surface area contributed by atoms with Gasteiger partial charge in [-0.3, -0.25) is 0 Å². The van der Waals surface area contributed by atoms with Crippen LogP contribution < -0.4 is 5.73 Å². The van der Waals surface area contributed by atoms with E-state index in [1.54, 1.807) is 0 Å². The van der Waals surface area contributed by atoms with Crippen LogP contribution in [0.5, 0.6) is 0 Å². The predicted octanol–water partition coefficient (Wildman–Crippen LogP) is 0.709. The van der Waals surface area contributed by atoms with Gasteiger partial charge in [0.15, 0.2) is 5.96 Å². The Morgan fingerprint density at radius 2 is 1.68 bits per heavy atom. The van der Waals surface area contributed by atoms with Crippen molar-refractivity contribution in [1.82, 2.24) is 19.8 Å². The number of halogens is 1. The molecule has 1 aliphatic rings. The molecular weight excluding hydrogens is 264 g/mol. The van der Waals surface area contributed by atoms with Gasteiger partial charge >= 0.3 is 0 Å². The Bertz CT molecular complexity index is 433. The SMILES string of the molecule is Cc1cc(C)nc(/N=C(\N)N2CCN(C)CC2)n1.Cl. The first-order chi connectivity index (χ1) is 8.54. The van der Waals surface area contributed by atoms with Crippen LogP contribution in [0.15, 0.2) is 11.1 Å². The highest BCUT2D eigenvalue weighted by Gasteiger charge is 2.15. The fraction of sp³-hybridized carbons (Fsp3) is 0.583. The molecule has 1 aliphatic heterocycles. The molecule has 19 heavy (non-hydrogen) atoms.